The molecule has 0 saturated carbocycles. The lowest BCUT2D eigenvalue weighted by Crippen LogP contribution is -2.56. The number of rotatable bonds is 7. The Bertz CT molecular complexity index is 646. The maximum atomic E-state index is 12.3. The van der Waals surface area contributed by atoms with Crippen LogP contribution in [0.3, 0.4) is 0 Å². The molecular formula is C20H32Cl2N4O3. The Balaban J connectivity index is 0.00000210. The van der Waals surface area contributed by atoms with Crippen molar-refractivity contribution in [1.82, 2.24) is 15.5 Å². The fraction of sp³-hybridized carbons (Fsp3) is 0.600. The van der Waals surface area contributed by atoms with E-state index in [0.717, 1.165) is 25.2 Å². The number of nitrogens with one attached hydrogen (secondary N) is 2. The van der Waals surface area contributed by atoms with Crippen LogP contribution in [0.1, 0.15) is 41.6 Å². The molecule has 2 heterocycles. The van der Waals surface area contributed by atoms with E-state index in [2.05, 4.69) is 15.5 Å². The van der Waals surface area contributed by atoms with Crippen molar-refractivity contribution >= 4 is 36.6 Å². The molecule has 29 heavy (non-hydrogen) atoms. The van der Waals surface area contributed by atoms with Gasteiger partial charge in [0.15, 0.2) is 0 Å². The van der Waals surface area contributed by atoms with Gasteiger partial charge in [-0.25, -0.2) is 0 Å². The fourth-order valence-corrected chi connectivity index (χ4v) is 3.53. The number of nitrogens with two attached hydrogens (primary N) is 1. The molecule has 3 rings (SSSR count). The second-order valence-electron chi connectivity index (χ2n) is 7.45. The van der Waals surface area contributed by atoms with E-state index in [4.69, 9.17) is 10.5 Å². The number of amides is 2. The third-order valence-electron chi connectivity index (χ3n) is 5.42. The number of carbonyl (C=O) groups excluding carboxylic acids is 2. The van der Waals surface area contributed by atoms with Crippen LogP contribution in [0.15, 0.2) is 24.3 Å². The highest BCUT2D eigenvalue weighted by molar-refractivity contribution is 5.94. The summed E-state index contributed by atoms with van der Waals surface area (Å²) in [5.74, 6) is -0.206. The van der Waals surface area contributed by atoms with Crippen molar-refractivity contribution in [3.63, 3.8) is 0 Å². The van der Waals surface area contributed by atoms with Gasteiger partial charge in [-0.05, 0) is 56.5 Å². The fourth-order valence-electron chi connectivity index (χ4n) is 3.53. The lowest BCUT2D eigenvalue weighted by atomic mass is 9.90. The Labute approximate surface area is 184 Å². The lowest BCUT2D eigenvalue weighted by Gasteiger charge is -2.31. The molecule has 1 aromatic carbocycles. The molecular weight excluding hydrogens is 415 g/mol. The quantitative estimate of drug-likeness (QED) is 0.589. The molecule has 0 bridgehead atoms. The number of benzene rings is 1. The van der Waals surface area contributed by atoms with Crippen LogP contribution in [-0.4, -0.2) is 61.6 Å². The second-order valence-corrected chi connectivity index (χ2v) is 7.45. The van der Waals surface area contributed by atoms with Crippen LogP contribution in [0, 0.1) is 0 Å². The summed E-state index contributed by atoms with van der Waals surface area (Å²) in [5.41, 5.74) is 6.90. The zero-order chi connectivity index (χ0) is 19.1. The van der Waals surface area contributed by atoms with Gasteiger partial charge in [0.1, 0.15) is 0 Å². The standard InChI is InChI=1S/C20H30N4O3.2ClH/c21-20(7-13-27-14-8-20)19(26)23-15-16-3-5-17(6-4-16)18(25)22-9-12-24-10-1-2-11-24;;/h3-6H,1-2,7-15,21H2,(H,22,25)(H,23,26);2*1H. The Kier molecular flexibility index (Phi) is 10.9. The topological polar surface area (TPSA) is 96.7 Å². The molecule has 9 heteroatoms. The third-order valence-corrected chi connectivity index (χ3v) is 5.42. The van der Waals surface area contributed by atoms with Gasteiger partial charge in [-0.3, -0.25) is 9.59 Å². The third kappa shape index (κ3) is 7.42. The van der Waals surface area contributed by atoms with Gasteiger partial charge in [0.05, 0.1) is 5.54 Å². The summed E-state index contributed by atoms with van der Waals surface area (Å²) in [5, 5.41) is 5.86. The summed E-state index contributed by atoms with van der Waals surface area (Å²) in [7, 11) is 0. The average Bonchev–Trinajstić information content (AvgIpc) is 3.20. The van der Waals surface area contributed by atoms with Crippen molar-refractivity contribution in [3.8, 4) is 0 Å². The van der Waals surface area contributed by atoms with Crippen LogP contribution in [0.4, 0.5) is 0 Å². The van der Waals surface area contributed by atoms with Crippen molar-refractivity contribution in [3.05, 3.63) is 35.4 Å². The molecule has 0 unspecified atom stereocenters. The first kappa shape index (κ1) is 25.7. The predicted molar refractivity (Wildman–Crippen MR) is 118 cm³/mol. The molecule has 4 N–H and O–H groups in total. The van der Waals surface area contributed by atoms with Crippen LogP contribution in [-0.2, 0) is 16.1 Å². The van der Waals surface area contributed by atoms with Crippen LogP contribution in [0.25, 0.3) is 0 Å². The maximum Gasteiger partial charge on any atom is 0.251 e. The van der Waals surface area contributed by atoms with Gasteiger partial charge in [-0.2, -0.15) is 0 Å². The molecule has 7 nitrogen and oxygen atoms in total. The van der Waals surface area contributed by atoms with Crippen molar-refractivity contribution in [2.75, 3.05) is 39.4 Å². The predicted octanol–water partition coefficient (Wildman–Crippen LogP) is 1.48. The second kappa shape index (κ2) is 12.3. The van der Waals surface area contributed by atoms with Crippen molar-refractivity contribution in [1.29, 1.82) is 0 Å². The van der Waals surface area contributed by atoms with Gasteiger partial charge in [-0.15, -0.1) is 24.8 Å². The molecule has 164 valence electrons. The number of halogens is 2. The first-order valence-electron chi connectivity index (χ1n) is 9.81. The number of carbonyl (C=O) groups is 2. The Morgan fingerprint density at radius 1 is 1.03 bits per heavy atom. The van der Waals surface area contributed by atoms with Gasteiger partial charge in [0.2, 0.25) is 5.91 Å². The summed E-state index contributed by atoms with van der Waals surface area (Å²) < 4.78 is 5.27. The van der Waals surface area contributed by atoms with Gasteiger partial charge in [-0.1, -0.05) is 12.1 Å². The van der Waals surface area contributed by atoms with E-state index < -0.39 is 5.54 Å². The van der Waals surface area contributed by atoms with E-state index in [0.29, 0.717) is 44.7 Å². The van der Waals surface area contributed by atoms with E-state index >= 15 is 0 Å². The Morgan fingerprint density at radius 3 is 2.28 bits per heavy atom. The summed E-state index contributed by atoms with van der Waals surface area (Å²) in [6, 6.07) is 7.31. The molecule has 0 aliphatic carbocycles. The van der Waals surface area contributed by atoms with Crippen LogP contribution in [0.2, 0.25) is 0 Å². The zero-order valence-corrected chi connectivity index (χ0v) is 18.3. The average molecular weight is 447 g/mol. The maximum absolute atomic E-state index is 12.3. The molecule has 0 atom stereocenters. The molecule has 2 saturated heterocycles. The summed E-state index contributed by atoms with van der Waals surface area (Å²) in [6.07, 6.45) is 3.58. The zero-order valence-electron chi connectivity index (χ0n) is 16.7. The molecule has 2 fully saturated rings. The summed E-state index contributed by atoms with van der Waals surface area (Å²) >= 11 is 0. The van der Waals surface area contributed by atoms with Gasteiger partial charge >= 0.3 is 0 Å². The SMILES string of the molecule is Cl.Cl.NC1(C(=O)NCc2ccc(C(=O)NCCN3CCCC3)cc2)CCOCC1. The van der Waals surface area contributed by atoms with Crippen LogP contribution < -0.4 is 16.4 Å². The van der Waals surface area contributed by atoms with Gasteiger partial charge in [0, 0.05) is 38.4 Å². The normalized spacial score (nSPS) is 18.2. The highest BCUT2D eigenvalue weighted by atomic mass is 35.5. The van der Waals surface area contributed by atoms with Crippen molar-refractivity contribution in [2.24, 2.45) is 5.73 Å². The van der Waals surface area contributed by atoms with Crippen molar-refractivity contribution in [2.45, 2.75) is 37.8 Å². The molecule has 1 aromatic rings. The first-order chi connectivity index (χ1) is 13.1. The van der Waals surface area contributed by atoms with E-state index in [1.807, 2.05) is 12.1 Å². The highest BCUT2D eigenvalue weighted by Crippen LogP contribution is 2.18. The minimum atomic E-state index is -0.840. The largest absolute Gasteiger partial charge is 0.381 e. The number of ether oxygens (including phenoxy) is 1. The number of likely N-dealkylation sites (tertiary alicyclic amines) is 1. The van der Waals surface area contributed by atoms with Crippen molar-refractivity contribution < 1.29 is 14.3 Å². The minimum absolute atomic E-state index is 0. The molecule has 2 amide bonds. The molecule has 0 aromatic heterocycles. The monoisotopic (exact) mass is 446 g/mol. The van der Waals surface area contributed by atoms with E-state index in [-0.39, 0.29) is 36.6 Å². The number of hydrogen-bond donors (Lipinski definition) is 3. The molecule has 2 aliphatic heterocycles. The number of nitrogens with zero attached hydrogens (tertiary/aromatic N) is 1. The summed E-state index contributed by atoms with van der Waals surface area (Å²) in [6.45, 7) is 5.27. The Hall–Kier alpha value is -1.38. The molecule has 2 aliphatic rings. The lowest BCUT2D eigenvalue weighted by molar-refractivity contribution is -0.129. The number of hydrogen-bond acceptors (Lipinski definition) is 5. The Morgan fingerprint density at radius 2 is 1.66 bits per heavy atom. The van der Waals surface area contributed by atoms with E-state index in [1.54, 1.807) is 12.1 Å². The van der Waals surface area contributed by atoms with Crippen LogP contribution >= 0.6 is 24.8 Å². The van der Waals surface area contributed by atoms with E-state index in [9.17, 15) is 9.59 Å². The summed E-state index contributed by atoms with van der Waals surface area (Å²) in [4.78, 5) is 26.9. The molecule has 0 radical (unpaired) electrons. The van der Waals surface area contributed by atoms with Gasteiger partial charge < -0.3 is 26.0 Å². The smallest absolute Gasteiger partial charge is 0.251 e. The van der Waals surface area contributed by atoms with Crippen LogP contribution in [0.5, 0.6) is 0 Å². The minimum Gasteiger partial charge on any atom is -0.381 e. The molecule has 0 spiro atoms. The first-order valence-corrected chi connectivity index (χ1v) is 9.81. The van der Waals surface area contributed by atoms with Gasteiger partial charge in [0.25, 0.3) is 5.91 Å². The van der Waals surface area contributed by atoms with E-state index in [1.165, 1.54) is 12.8 Å². The highest BCUT2D eigenvalue weighted by Gasteiger charge is 2.35.